The average Bonchev–Trinajstić information content (AvgIpc) is 3.11. The first-order chi connectivity index (χ1) is 15.4. The van der Waals surface area contributed by atoms with E-state index >= 15 is 0 Å². The van der Waals surface area contributed by atoms with Gasteiger partial charge in [0.05, 0.1) is 5.69 Å². The molecule has 14 heteroatoms. The summed E-state index contributed by atoms with van der Waals surface area (Å²) in [6.45, 7) is 1.50. The molecule has 3 aromatic rings. The third kappa shape index (κ3) is 5.16. The zero-order chi connectivity index (χ0) is 24.5. The van der Waals surface area contributed by atoms with Crippen LogP contribution in [0.25, 0.3) is 5.82 Å². The summed E-state index contributed by atoms with van der Waals surface area (Å²) in [5.41, 5.74) is -1.60. The maximum Gasteiger partial charge on any atom is 0.425 e. The van der Waals surface area contributed by atoms with Crippen molar-refractivity contribution >= 4 is 11.6 Å². The number of aryl methyl sites for hydroxylation is 1. The van der Waals surface area contributed by atoms with E-state index in [4.69, 9.17) is 9.84 Å². The van der Waals surface area contributed by atoms with Gasteiger partial charge in [0.1, 0.15) is 18.0 Å². The standard InChI is InChI=1S/C19H16F5N5O4/c1-8-3-4-11(20)13(5-8)25-16(31)10-6-12(21)15(29-18(32)26-14(7-30)28-29)27-17(10)33-9(2)19(22,23)24/h3-6,9,30H,7H2,1-2H3,(H,25,31)(H,26,28,32)/t9-/m0/s1. The zero-order valence-electron chi connectivity index (χ0n) is 17.0. The molecule has 0 aliphatic heterocycles. The predicted octanol–water partition coefficient (Wildman–Crippen LogP) is 2.62. The third-order valence-electron chi connectivity index (χ3n) is 4.30. The van der Waals surface area contributed by atoms with Crippen LogP contribution in [0.3, 0.4) is 0 Å². The smallest absolute Gasteiger partial charge is 0.425 e. The molecule has 0 saturated heterocycles. The number of aliphatic hydroxyl groups excluding tert-OH is 1. The Morgan fingerprint density at radius 1 is 1.27 bits per heavy atom. The van der Waals surface area contributed by atoms with Gasteiger partial charge in [-0.1, -0.05) is 6.07 Å². The van der Waals surface area contributed by atoms with E-state index in [2.05, 4.69) is 20.4 Å². The molecule has 9 nitrogen and oxygen atoms in total. The Hall–Kier alpha value is -3.81. The van der Waals surface area contributed by atoms with Crippen LogP contribution in [0.1, 0.15) is 28.7 Å². The van der Waals surface area contributed by atoms with Gasteiger partial charge in [0.15, 0.2) is 23.6 Å². The van der Waals surface area contributed by atoms with Crippen LogP contribution in [-0.4, -0.2) is 43.0 Å². The molecule has 2 aromatic heterocycles. The number of alkyl halides is 3. The van der Waals surface area contributed by atoms with Crippen LogP contribution in [0, 0.1) is 18.6 Å². The highest BCUT2D eigenvalue weighted by Gasteiger charge is 2.39. The first kappa shape index (κ1) is 23.8. The summed E-state index contributed by atoms with van der Waals surface area (Å²) in [5, 5.41) is 14.7. The number of ether oxygens (including phenoxy) is 1. The number of anilines is 1. The first-order valence-electron chi connectivity index (χ1n) is 9.21. The number of halogens is 5. The first-order valence-corrected chi connectivity index (χ1v) is 9.21. The maximum atomic E-state index is 14.8. The maximum absolute atomic E-state index is 14.8. The number of benzene rings is 1. The highest BCUT2D eigenvalue weighted by molar-refractivity contribution is 6.06. The third-order valence-corrected chi connectivity index (χ3v) is 4.30. The molecular weight excluding hydrogens is 457 g/mol. The molecule has 0 fully saturated rings. The van der Waals surface area contributed by atoms with Crippen molar-refractivity contribution in [3.05, 3.63) is 63.3 Å². The number of pyridine rings is 1. The molecule has 2 heterocycles. The lowest BCUT2D eigenvalue weighted by molar-refractivity contribution is -0.190. The van der Waals surface area contributed by atoms with Crippen molar-refractivity contribution in [2.75, 3.05) is 5.32 Å². The van der Waals surface area contributed by atoms with Crippen LogP contribution in [0.4, 0.5) is 27.6 Å². The van der Waals surface area contributed by atoms with Crippen LogP contribution in [0.2, 0.25) is 0 Å². The second kappa shape index (κ2) is 8.97. The summed E-state index contributed by atoms with van der Waals surface area (Å²) in [6, 6.07) is 4.20. The number of hydrogen-bond donors (Lipinski definition) is 3. The zero-order valence-corrected chi connectivity index (χ0v) is 17.0. The summed E-state index contributed by atoms with van der Waals surface area (Å²) in [4.78, 5) is 30.3. The molecule has 0 unspecified atom stereocenters. The van der Waals surface area contributed by atoms with Gasteiger partial charge in [-0.15, -0.1) is 5.10 Å². The van der Waals surface area contributed by atoms with Gasteiger partial charge in [-0.05, 0) is 37.6 Å². The Labute approximate surface area is 181 Å². The van der Waals surface area contributed by atoms with Crippen molar-refractivity contribution in [1.29, 1.82) is 0 Å². The van der Waals surface area contributed by atoms with Gasteiger partial charge in [0, 0.05) is 0 Å². The van der Waals surface area contributed by atoms with Crippen LogP contribution >= 0.6 is 0 Å². The van der Waals surface area contributed by atoms with E-state index in [0.717, 1.165) is 6.07 Å². The Morgan fingerprint density at radius 3 is 2.58 bits per heavy atom. The van der Waals surface area contributed by atoms with Crippen LogP contribution in [0.15, 0.2) is 29.1 Å². The highest BCUT2D eigenvalue weighted by Crippen LogP contribution is 2.28. The molecule has 0 aliphatic carbocycles. The van der Waals surface area contributed by atoms with Gasteiger partial charge < -0.3 is 15.2 Å². The molecule has 0 aliphatic rings. The Bertz CT molecular complexity index is 1250. The molecule has 33 heavy (non-hydrogen) atoms. The number of amides is 1. The number of nitrogens with one attached hydrogen (secondary N) is 2. The summed E-state index contributed by atoms with van der Waals surface area (Å²) < 4.78 is 73.0. The van der Waals surface area contributed by atoms with Gasteiger partial charge in [-0.2, -0.15) is 22.8 Å². The topological polar surface area (TPSA) is 122 Å². The van der Waals surface area contributed by atoms with E-state index in [0.29, 0.717) is 23.2 Å². The fraction of sp³-hybridized carbons (Fsp3) is 0.263. The monoisotopic (exact) mass is 473 g/mol. The molecular formula is C19H16F5N5O4. The van der Waals surface area contributed by atoms with Crippen molar-refractivity contribution in [2.45, 2.75) is 32.7 Å². The minimum atomic E-state index is -4.88. The lowest BCUT2D eigenvalue weighted by Crippen LogP contribution is -2.32. The van der Waals surface area contributed by atoms with Crippen molar-refractivity contribution in [3.8, 4) is 11.7 Å². The normalized spacial score (nSPS) is 12.5. The number of aromatic amines is 1. The van der Waals surface area contributed by atoms with E-state index in [1.165, 1.54) is 12.1 Å². The lowest BCUT2D eigenvalue weighted by atomic mass is 10.2. The summed E-state index contributed by atoms with van der Waals surface area (Å²) >= 11 is 0. The molecule has 0 saturated carbocycles. The van der Waals surface area contributed by atoms with Crippen LogP contribution < -0.4 is 15.7 Å². The van der Waals surface area contributed by atoms with Crippen LogP contribution in [-0.2, 0) is 6.61 Å². The summed E-state index contributed by atoms with van der Waals surface area (Å²) in [5.74, 6) is -5.53. The molecule has 1 atom stereocenters. The number of rotatable bonds is 6. The van der Waals surface area contributed by atoms with Gasteiger partial charge >= 0.3 is 11.9 Å². The number of carbonyl (C=O) groups excluding carboxylic acids is 1. The van der Waals surface area contributed by atoms with Crippen molar-refractivity contribution < 1.29 is 36.6 Å². The number of aliphatic hydroxyl groups is 1. The second-order valence-corrected chi connectivity index (χ2v) is 6.83. The molecule has 1 amide bonds. The van der Waals surface area contributed by atoms with E-state index in [9.17, 15) is 31.5 Å². The fourth-order valence-corrected chi connectivity index (χ4v) is 2.60. The summed E-state index contributed by atoms with van der Waals surface area (Å²) in [7, 11) is 0. The number of aromatic nitrogens is 4. The van der Waals surface area contributed by atoms with Gasteiger partial charge in [-0.25, -0.2) is 13.6 Å². The Morgan fingerprint density at radius 2 is 1.97 bits per heavy atom. The fourth-order valence-electron chi connectivity index (χ4n) is 2.60. The number of nitrogens with zero attached hydrogens (tertiary/aromatic N) is 3. The molecule has 3 rings (SSSR count). The van der Waals surface area contributed by atoms with Gasteiger partial charge in [0.25, 0.3) is 5.91 Å². The van der Waals surface area contributed by atoms with Crippen molar-refractivity contribution in [2.24, 2.45) is 0 Å². The number of H-pyrrole nitrogens is 1. The summed E-state index contributed by atoms with van der Waals surface area (Å²) in [6.07, 6.45) is -7.35. The van der Waals surface area contributed by atoms with E-state index < -0.39 is 59.4 Å². The molecule has 1 aromatic carbocycles. The minimum absolute atomic E-state index is 0.274. The Balaban J connectivity index is 2.10. The molecule has 3 N–H and O–H groups in total. The second-order valence-electron chi connectivity index (χ2n) is 6.83. The van der Waals surface area contributed by atoms with E-state index in [1.807, 2.05) is 0 Å². The van der Waals surface area contributed by atoms with E-state index in [1.54, 1.807) is 6.92 Å². The van der Waals surface area contributed by atoms with Gasteiger partial charge in [0.2, 0.25) is 5.88 Å². The van der Waals surface area contributed by atoms with Gasteiger partial charge in [-0.3, -0.25) is 9.78 Å². The molecule has 0 bridgehead atoms. The quantitative estimate of drug-likeness (QED) is 0.473. The number of carbonyl (C=O) groups is 1. The van der Waals surface area contributed by atoms with Crippen LogP contribution in [0.5, 0.6) is 5.88 Å². The Kier molecular flexibility index (Phi) is 6.48. The minimum Gasteiger partial charge on any atom is -0.464 e. The molecule has 0 spiro atoms. The SMILES string of the molecule is Cc1ccc(F)c(NC(=O)c2cc(F)c(-n3nc(CO)[nH]c3=O)nc2O[C@@H](C)C(F)(F)F)c1. The largest absolute Gasteiger partial charge is 0.464 e. The van der Waals surface area contributed by atoms with Crippen molar-refractivity contribution in [1.82, 2.24) is 19.7 Å². The number of hydrogen-bond acceptors (Lipinski definition) is 6. The van der Waals surface area contributed by atoms with E-state index in [-0.39, 0.29) is 11.5 Å². The molecule has 0 radical (unpaired) electrons. The molecule has 176 valence electrons. The predicted molar refractivity (Wildman–Crippen MR) is 103 cm³/mol. The van der Waals surface area contributed by atoms with Crippen molar-refractivity contribution in [3.63, 3.8) is 0 Å². The lowest BCUT2D eigenvalue weighted by Gasteiger charge is -2.19. The highest BCUT2D eigenvalue weighted by atomic mass is 19.4. The average molecular weight is 473 g/mol.